The van der Waals surface area contributed by atoms with E-state index in [1.807, 2.05) is 30.3 Å². The second kappa shape index (κ2) is 11.7. The van der Waals surface area contributed by atoms with Gasteiger partial charge in [-0.3, -0.25) is 4.72 Å². The number of aliphatic hydroxyl groups is 1. The second-order valence-electron chi connectivity index (χ2n) is 9.29. The number of aromatic nitrogens is 2. The van der Waals surface area contributed by atoms with E-state index in [2.05, 4.69) is 15.3 Å². The van der Waals surface area contributed by atoms with Crippen LogP contribution in [0.2, 0.25) is 5.02 Å². The molecule has 0 amide bonds. The van der Waals surface area contributed by atoms with Crippen LogP contribution in [0, 0.1) is 11.6 Å². The molecule has 4 aromatic carbocycles. The molecule has 222 valence electrons. The number of hydrogen-bond donors (Lipinski definition) is 3. The van der Waals surface area contributed by atoms with Crippen molar-refractivity contribution < 1.29 is 35.5 Å². The average molecular weight is 635 g/mol. The zero-order chi connectivity index (χ0) is 30.9. The van der Waals surface area contributed by atoms with Crippen LogP contribution in [0.3, 0.4) is 0 Å². The predicted molar refractivity (Wildman–Crippen MR) is 152 cm³/mol. The summed E-state index contributed by atoms with van der Waals surface area (Å²) in [6.07, 6.45) is -3.65. The van der Waals surface area contributed by atoms with E-state index in [0.29, 0.717) is 23.0 Å². The molecule has 0 bridgehead atoms. The fourth-order valence-corrected chi connectivity index (χ4v) is 5.93. The molecule has 14 heteroatoms. The Morgan fingerprint density at radius 1 is 0.953 bits per heavy atom. The molecule has 5 rings (SSSR count). The molecule has 0 spiro atoms. The lowest BCUT2D eigenvalue weighted by molar-refractivity contribution is -0.139. The average Bonchev–Trinajstić information content (AvgIpc) is 2.97. The van der Waals surface area contributed by atoms with Gasteiger partial charge < -0.3 is 10.4 Å². The van der Waals surface area contributed by atoms with Crippen LogP contribution in [-0.2, 0) is 16.2 Å². The third kappa shape index (κ3) is 6.38. The number of fused-ring (bicyclic) bond motifs is 1. The van der Waals surface area contributed by atoms with Gasteiger partial charge in [-0.15, -0.1) is 0 Å². The van der Waals surface area contributed by atoms with E-state index < -0.39 is 55.6 Å². The molecule has 1 aromatic heterocycles. The van der Waals surface area contributed by atoms with Crippen molar-refractivity contribution in [1.29, 1.82) is 0 Å². The maximum atomic E-state index is 15.6. The summed E-state index contributed by atoms with van der Waals surface area (Å²) in [7, 11) is -5.02. The normalized spacial score (nSPS) is 12.7. The molecule has 0 aliphatic rings. The number of nitrogens with zero attached hydrogens (tertiary/aromatic N) is 2. The van der Waals surface area contributed by atoms with Gasteiger partial charge in [0.2, 0.25) is 5.95 Å². The summed E-state index contributed by atoms with van der Waals surface area (Å²) < 4.78 is 98.6. The van der Waals surface area contributed by atoms with E-state index in [1.165, 1.54) is 24.4 Å². The Morgan fingerprint density at radius 3 is 2.40 bits per heavy atom. The lowest BCUT2D eigenvalue weighted by atomic mass is 10.0. The summed E-state index contributed by atoms with van der Waals surface area (Å²) in [6.45, 7) is -0.238. The van der Waals surface area contributed by atoms with Crippen molar-refractivity contribution in [3.05, 3.63) is 113 Å². The molecule has 0 aliphatic heterocycles. The summed E-state index contributed by atoms with van der Waals surface area (Å²) >= 11 is 5.74. The fraction of sp³-hybridized carbons (Fsp3) is 0.103. The van der Waals surface area contributed by atoms with Crippen molar-refractivity contribution in [2.75, 3.05) is 16.6 Å². The Hall–Kier alpha value is -4.33. The van der Waals surface area contributed by atoms with Gasteiger partial charge in [-0.25, -0.2) is 27.2 Å². The van der Waals surface area contributed by atoms with Crippen LogP contribution in [0.15, 0.2) is 90.0 Å². The summed E-state index contributed by atoms with van der Waals surface area (Å²) in [5.41, 5.74) is -1.74. The molecule has 7 nitrogen and oxygen atoms in total. The summed E-state index contributed by atoms with van der Waals surface area (Å²) in [5.74, 6) is -2.21. The van der Waals surface area contributed by atoms with Gasteiger partial charge in [0, 0.05) is 16.6 Å². The van der Waals surface area contributed by atoms with E-state index in [0.717, 1.165) is 23.8 Å². The van der Waals surface area contributed by atoms with E-state index >= 15 is 4.39 Å². The van der Waals surface area contributed by atoms with Crippen molar-refractivity contribution in [1.82, 2.24) is 9.97 Å². The number of alkyl halides is 3. The summed E-state index contributed by atoms with van der Waals surface area (Å²) in [4.78, 5) is 7.39. The predicted octanol–water partition coefficient (Wildman–Crippen LogP) is 7.19. The molecule has 0 aliphatic carbocycles. The van der Waals surface area contributed by atoms with E-state index in [4.69, 9.17) is 11.6 Å². The Labute approximate surface area is 247 Å². The molecular formula is C29H20ClF5N4O3S. The first-order valence-electron chi connectivity index (χ1n) is 12.4. The summed E-state index contributed by atoms with van der Waals surface area (Å²) in [5, 5.41) is 12.9. The Balaban J connectivity index is 1.47. The minimum Gasteiger partial charge on any atom is -0.394 e. The number of sulfonamides is 1. The molecular weight excluding hydrogens is 615 g/mol. The van der Waals surface area contributed by atoms with E-state index in [-0.39, 0.29) is 23.1 Å². The standard InChI is InChI=1S/C29H20ClF5N4O3S/c30-19-7-8-20(29(33,34)35)25(13-19)43(41,42)39-23-11-9-21(31)26(27(23)32)17-6-10-22-18(12-17)14-36-28(37-22)38-24(15-40)16-4-2-1-3-5-16/h1-14,24,39-40H,15H2,(H,36,37,38)/t24-/m0/s1. The Kier molecular flexibility index (Phi) is 8.23. The van der Waals surface area contributed by atoms with Gasteiger partial charge in [0.1, 0.15) is 10.7 Å². The maximum absolute atomic E-state index is 15.6. The Bertz CT molecular complexity index is 1930. The highest BCUT2D eigenvalue weighted by molar-refractivity contribution is 7.92. The van der Waals surface area contributed by atoms with Crippen molar-refractivity contribution >= 4 is 44.2 Å². The zero-order valence-corrected chi connectivity index (χ0v) is 23.3. The van der Waals surface area contributed by atoms with Gasteiger partial charge in [-0.1, -0.05) is 48.0 Å². The molecule has 43 heavy (non-hydrogen) atoms. The number of aliphatic hydroxyl groups excluding tert-OH is 1. The third-order valence-corrected chi connectivity index (χ3v) is 8.07. The number of benzene rings is 4. The van der Waals surface area contributed by atoms with Gasteiger partial charge in [-0.05, 0) is 53.6 Å². The number of hydrogen-bond acceptors (Lipinski definition) is 6. The number of rotatable bonds is 8. The molecule has 0 saturated carbocycles. The van der Waals surface area contributed by atoms with Crippen molar-refractivity contribution in [3.63, 3.8) is 0 Å². The first-order chi connectivity index (χ1) is 20.4. The van der Waals surface area contributed by atoms with E-state index in [1.54, 1.807) is 4.72 Å². The first-order valence-corrected chi connectivity index (χ1v) is 14.3. The zero-order valence-electron chi connectivity index (χ0n) is 21.7. The minimum absolute atomic E-state index is 0.0101. The minimum atomic E-state index is -5.05. The first kappa shape index (κ1) is 30.1. The van der Waals surface area contributed by atoms with Gasteiger partial charge in [0.25, 0.3) is 10.0 Å². The molecule has 0 radical (unpaired) electrons. The molecule has 1 heterocycles. The molecule has 5 aromatic rings. The molecule has 0 saturated heterocycles. The van der Waals surface area contributed by atoms with Crippen molar-refractivity contribution in [2.45, 2.75) is 17.1 Å². The van der Waals surface area contributed by atoms with Crippen LogP contribution in [0.4, 0.5) is 33.6 Å². The van der Waals surface area contributed by atoms with Crippen molar-refractivity contribution in [3.8, 4) is 11.1 Å². The van der Waals surface area contributed by atoms with Gasteiger partial charge in [0.15, 0.2) is 5.82 Å². The molecule has 0 fully saturated rings. The molecule has 0 unspecified atom stereocenters. The fourth-order valence-electron chi connectivity index (χ4n) is 4.38. The Morgan fingerprint density at radius 2 is 1.70 bits per heavy atom. The quantitative estimate of drug-likeness (QED) is 0.156. The SMILES string of the molecule is O=S(=O)(Nc1ccc(F)c(-c2ccc3nc(N[C@@H](CO)c4ccccc4)ncc3c2)c1F)c1cc(Cl)ccc1C(F)(F)F. The van der Waals surface area contributed by atoms with Crippen molar-refractivity contribution in [2.24, 2.45) is 0 Å². The monoisotopic (exact) mass is 634 g/mol. The van der Waals surface area contributed by atoms with Crippen LogP contribution < -0.4 is 10.0 Å². The number of nitrogens with one attached hydrogen (secondary N) is 2. The second-order valence-corrected chi connectivity index (χ2v) is 11.4. The highest BCUT2D eigenvalue weighted by atomic mass is 35.5. The highest BCUT2D eigenvalue weighted by Gasteiger charge is 2.37. The van der Waals surface area contributed by atoms with Gasteiger partial charge in [-0.2, -0.15) is 13.2 Å². The van der Waals surface area contributed by atoms with E-state index in [9.17, 15) is 31.1 Å². The van der Waals surface area contributed by atoms with Gasteiger partial charge in [0.05, 0.1) is 35.0 Å². The van der Waals surface area contributed by atoms with Crippen LogP contribution in [0.1, 0.15) is 17.2 Å². The smallest absolute Gasteiger partial charge is 0.394 e. The highest BCUT2D eigenvalue weighted by Crippen LogP contribution is 2.38. The number of halogens is 6. The lowest BCUT2D eigenvalue weighted by Gasteiger charge is -2.17. The van der Waals surface area contributed by atoms with Crippen LogP contribution >= 0.6 is 11.6 Å². The van der Waals surface area contributed by atoms with Crippen LogP contribution in [-0.4, -0.2) is 30.1 Å². The topological polar surface area (TPSA) is 104 Å². The van der Waals surface area contributed by atoms with Crippen LogP contribution in [0.5, 0.6) is 0 Å². The number of anilines is 2. The summed E-state index contributed by atoms with van der Waals surface area (Å²) in [6, 6.07) is 16.3. The maximum Gasteiger partial charge on any atom is 0.417 e. The third-order valence-electron chi connectivity index (χ3n) is 6.43. The molecule has 3 N–H and O–H groups in total. The largest absolute Gasteiger partial charge is 0.417 e. The lowest BCUT2D eigenvalue weighted by Crippen LogP contribution is -2.19. The van der Waals surface area contributed by atoms with Gasteiger partial charge >= 0.3 is 6.18 Å². The molecule has 1 atom stereocenters. The van der Waals surface area contributed by atoms with Crippen LogP contribution in [0.25, 0.3) is 22.0 Å².